The fourth-order valence-corrected chi connectivity index (χ4v) is 3.72. The molecule has 3 rings (SSSR count). The summed E-state index contributed by atoms with van der Waals surface area (Å²) in [5.41, 5.74) is 2.54. The van der Waals surface area contributed by atoms with Gasteiger partial charge >= 0.3 is 0 Å². The van der Waals surface area contributed by atoms with Crippen molar-refractivity contribution in [1.82, 2.24) is 15.1 Å². The third-order valence-corrected chi connectivity index (χ3v) is 5.73. The van der Waals surface area contributed by atoms with E-state index in [1.165, 1.54) is 0 Å². The predicted octanol–water partition coefficient (Wildman–Crippen LogP) is 2.03. The van der Waals surface area contributed by atoms with Crippen molar-refractivity contribution in [3.8, 4) is 5.75 Å². The molecule has 0 radical (unpaired) electrons. The Kier molecular flexibility index (Phi) is 7.86. The first kappa shape index (κ1) is 23.0. The topological polar surface area (TPSA) is 104 Å². The van der Waals surface area contributed by atoms with Gasteiger partial charge in [-0.3, -0.25) is 14.9 Å². The Hall–Kier alpha value is -2.65. The molecule has 1 aromatic carbocycles. The molecule has 1 fully saturated rings. The van der Waals surface area contributed by atoms with Crippen molar-refractivity contribution in [1.29, 1.82) is 0 Å². The number of hydrogen-bond donors (Lipinski definition) is 2. The second-order valence-corrected chi connectivity index (χ2v) is 7.97. The summed E-state index contributed by atoms with van der Waals surface area (Å²) < 4.78 is 0. The van der Waals surface area contributed by atoms with E-state index in [0.29, 0.717) is 37.7 Å². The van der Waals surface area contributed by atoms with Crippen molar-refractivity contribution in [3.63, 3.8) is 0 Å². The molecule has 0 spiro atoms. The van der Waals surface area contributed by atoms with Gasteiger partial charge in [0.1, 0.15) is 6.04 Å². The zero-order chi connectivity index (χ0) is 22.4. The van der Waals surface area contributed by atoms with Gasteiger partial charge in [-0.2, -0.15) is 4.89 Å². The minimum absolute atomic E-state index is 0.116. The number of nitrogens with one attached hydrogen (secondary N) is 1. The summed E-state index contributed by atoms with van der Waals surface area (Å²) in [7, 11) is 1.84. The van der Waals surface area contributed by atoms with Crippen LogP contribution in [0.5, 0.6) is 5.75 Å². The molecule has 2 N–H and O–H groups in total. The number of aliphatic hydroxyl groups excluding tert-OH is 1. The van der Waals surface area contributed by atoms with Crippen LogP contribution >= 0.6 is 0 Å². The Morgan fingerprint density at radius 1 is 1.35 bits per heavy atom. The minimum Gasteiger partial charge on any atom is -0.394 e. The van der Waals surface area contributed by atoms with E-state index in [4.69, 9.17) is 9.78 Å². The Bertz CT molecular complexity index is 841. The van der Waals surface area contributed by atoms with E-state index >= 15 is 0 Å². The second-order valence-electron chi connectivity index (χ2n) is 7.97. The number of nitrogens with zero attached hydrogens (tertiary/aromatic N) is 3. The highest BCUT2D eigenvalue weighted by atomic mass is 17.2. The first-order valence-corrected chi connectivity index (χ1v) is 10.9. The first-order valence-electron chi connectivity index (χ1n) is 10.9. The van der Waals surface area contributed by atoms with E-state index in [0.717, 1.165) is 42.6 Å². The molecule has 2 amide bonds. The number of amides is 2. The van der Waals surface area contributed by atoms with Gasteiger partial charge in [0, 0.05) is 37.7 Å². The number of fused-ring (bicyclic) bond motifs is 2. The summed E-state index contributed by atoms with van der Waals surface area (Å²) in [6.45, 7) is 5.32. The summed E-state index contributed by atoms with van der Waals surface area (Å²) in [6.07, 6.45) is 4.30. The highest BCUT2D eigenvalue weighted by Gasteiger charge is 2.39. The molecule has 1 unspecified atom stereocenters. The molecule has 0 bridgehead atoms. The van der Waals surface area contributed by atoms with Gasteiger partial charge in [0.15, 0.2) is 5.75 Å². The number of aliphatic imine (C=N–C) groups is 1. The number of rotatable bonds is 11. The molecule has 0 aromatic heterocycles. The smallest absolute Gasteiger partial charge is 0.251 e. The van der Waals surface area contributed by atoms with Crippen molar-refractivity contribution in [2.45, 2.75) is 58.5 Å². The average molecular weight is 433 g/mol. The molecule has 1 saturated heterocycles. The maximum atomic E-state index is 12.1. The van der Waals surface area contributed by atoms with E-state index < -0.39 is 6.04 Å². The highest BCUT2D eigenvalue weighted by Crippen LogP contribution is 2.35. The second kappa shape index (κ2) is 10.6. The number of benzene rings is 1. The number of hydrogen-bond acceptors (Lipinski definition) is 7. The third-order valence-electron chi connectivity index (χ3n) is 5.73. The van der Waals surface area contributed by atoms with Crippen LogP contribution in [0.1, 0.15) is 50.2 Å². The monoisotopic (exact) mass is 432 g/mol. The Balaban J connectivity index is 1.49. The lowest BCUT2D eigenvalue weighted by Crippen LogP contribution is -2.39. The number of carbonyl (C=O) groups is 2. The molecule has 0 saturated carbocycles. The van der Waals surface area contributed by atoms with Crippen LogP contribution in [0.25, 0.3) is 0 Å². The third kappa shape index (κ3) is 5.34. The summed E-state index contributed by atoms with van der Waals surface area (Å²) in [6, 6.07) is 2.96. The molecular weight excluding hydrogens is 400 g/mol. The molecule has 2 aliphatic heterocycles. The quantitative estimate of drug-likeness (QED) is 0.315. The van der Waals surface area contributed by atoms with E-state index in [-0.39, 0.29) is 18.4 Å². The van der Waals surface area contributed by atoms with Crippen LogP contribution in [0.2, 0.25) is 0 Å². The first-order chi connectivity index (χ1) is 15.0. The van der Waals surface area contributed by atoms with Crippen LogP contribution in [0.15, 0.2) is 17.1 Å². The molecule has 0 aliphatic carbocycles. The van der Waals surface area contributed by atoms with Crippen molar-refractivity contribution in [2.75, 3.05) is 26.8 Å². The average Bonchev–Trinajstić information content (AvgIpc) is 3.07. The van der Waals surface area contributed by atoms with Crippen molar-refractivity contribution in [2.24, 2.45) is 4.99 Å². The van der Waals surface area contributed by atoms with Gasteiger partial charge in [0.2, 0.25) is 11.9 Å². The lowest BCUT2D eigenvalue weighted by molar-refractivity contribution is -0.208. The summed E-state index contributed by atoms with van der Waals surface area (Å²) in [5, 5.41) is 12.2. The molecule has 1 atom stereocenters. The normalized spacial score (nSPS) is 17.0. The van der Waals surface area contributed by atoms with Gasteiger partial charge in [-0.15, -0.1) is 0 Å². The van der Waals surface area contributed by atoms with Crippen LogP contribution < -0.4 is 10.2 Å². The fraction of sp³-hybridized carbons (Fsp3) is 0.591. The van der Waals surface area contributed by atoms with Gasteiger partial charge in [-0.1, -0.05) is 19.8 Å². The number of unbranched alkanes of at least 4 members (excludes halogenated alkanes) is 2. The van der Waals surface area contributed by atoms with Crippen molar-refractivity contribution < 1.29 is 24.5 Å². The van der Waals surface area contributed by atoms with Crippen molar-refractivity contribution >= 4 is 23.5 Å². The summed E-state index contributed by atoms with van der Waals surface area (Å²) in [4.78, 5) is 42.9. The van der Waals surface area contributed by atoms with Crippen molar-refractivity contribution in [3.05, 3.63) is 23.3 Å². The van der Waals surface area contributed by atoms with Crippen LogP contribution in [0.3, 0.4) is 0 Å². The Morgan fingerprint density at radius 3 is 2.90 bits per heavy atom. The molecule has 2 heterocycles. The summed E-state index contributed by atoms with van der Waals surface area (Å²) >= 11 is 0. The van der Waals surface area contributed by atoms with E-state index in [9.17, 15) is 14.7 Å². The number of aliphatic hydroxyl groups is 1. The van der Waals surface area contributed by atoms with Crippen LogP contribution in [0, 0.1) is 6.92 Å². The van der Waals surface area contributed by atoms with Gasteiger partial charge in [0.25, 0.3) is 5.91 Å². The highest BCUT2D eigenvalue weighted by molar-refractivity contribution is 6.07. The van der Waals surface area contributed by atoms with E-state index in [2.05, 4.69) is 17.2 Å². The minimum atomic E-state index is -0.634. The standard InChI is InChI=1S/C22H32N4O5/c1-4-5-6-11-25(3)20(28)8-7-12-30-31-19-10-9-17-16(15(19)2)13-26-18(14-27)21(29)24-22(26)23-17/h9-10,18,27H,4-8,11-14H2,1-3H3,(H,23,24,29). The van der Waals surface area contributed by atoms with E-state index in [1.807, 2.05) is 20.0 Å². The number of carbonyl (C=O) groups excluding carboxylic acids is 2. The summed E-state index contributed by atoms with van der Waals surface area (Å²) in [5.74, 6) is 0.896. The zero-order valence-corrected chi connectivity index (χ0v) is 18.5. The molecule has 1 aromatic rings. The van der Waals surface area contributed by atoms with Crippen LogP contribution in [0.4, 0.5) is 5.69 Å². The maximum Gasteiger partial charge on any atom is 0.251 e. The SMILES string of the molecule is CCCCCN(C)C(=O)CCCOOc1ccc2c(c1C)CN1C(=N2)NC(=O)C1CO. The van der Waals surface area contributed by atoms with Crippen LogP contribution in [-0.4, -0.2) is 65.5 Å². The molecule has 31 heavy (non-hydrogen) atoms. The molecule has 2 aliphatic rings. The molecule has 9 nitrogen and oxygen atoms in total. The Morgan fingerprint density at radius 2 is 2.16 bits per heavy atom. The lowest BCUT2D eigenvalue weighted by atomic mass is 10.0. The Labute approximate surface area is 182 Å². The predicted molar refractivity (Wildman–Crippen MR) is 116 cm³/mol. The van der Waals surface area contributed by atoms with E-state index in [1.54, 1.807) is 15.9 Å². The maximum absolute atomic E-state index is 12.1. The van der Waals surface area contributed by atoms with Gasteiger partial charge in [0.05, 0.1) is 18.9 Å². The molecule has 9 heteroatoms. The zero-order valence-electron chi connectivity index (χ0n) is 18.5. The number of guanidine groups is 1. The largest absolute Gasteiger partial charge is 0.394 e. The molecule has 170 valence electrons. The van der Waals surface area contributed by atoms with Gasteiger partial charge in [-0.25, -0.2) is 4.99 Å². The molecular formula is C22H32N4O5. The van der Waals surface area contributed by atoms with Crippen LogP contribution in [-0.2, 0) is 21.0 Å². The van der Waals surface area contributed by atoms with Gasteiger partial charge < -0.3 is 19.8 Å². The lowest BCUT2D eigenvalue weighted by Gasteiger charge is -2.28. The van der Waals surface area contributed by atoms with Gasteiger partial charge in [-0.05, 0) is 31.9 Å². The fourth-order valence-electron chi connectivity index (χ4n) is 3.72.